The molecular weight excluding hydrogens is 358 g/mol. The van der Waals surface area contributed by atoms with Crippen LogP contribution in [0.4, 0.5) is 0 Å². The molecule has 2 aromatic rings. The number of carbonyl (C=O) groups excluding carboxylic acids is 1. The minimum Gasteiger partial charge on any atom is -0.369 e. The lowest BCUT2D eigenvalue weighted by Gasteiger charge is -2.26. The molecule has 1 aromatic carbocycles. The van der Waals surface area contributed by atoms with Crippen LogP contribution in [0, 0.1) is 12.8 Å². The second kappa shape index (κ2) is 7.23. The molecule has 0 spiro atoms. The quantitative estimate of drug-likeness (QED) is 0.833. The molecule has 1 fully saturated rings. The summed E-state index contributed by atoms with van der Waals surface area (Å²) in [6.07, 6.45) is 2.45. The van der Waals surface area contributed by atoms with Crippen molar-refractivity contribution >= 4 is 27.3 Å². The standard InChI is InChI=1S/C17H21N3O3S2/c1-11-19-17(15(24-11)12-5-3-2-4-6-12)25(22,23)20-14-9-7-13(8-10-14)16(18)21/h2-6,13-14,20H,7-10H2,1H3,(H2,18,21). The summed E-state index contributed by atoms with van der Waals surface area (Å²) < 4.78 is 28.5. The van der Waals surface area contributed by atoms with Gasteiger partial charge in [-0.05, 0) is 38.2 Å². The molecule has 25 heavy (non-hydrogen) atoms. The van der Waals surface area contributed by atoms with Crippen LogP contribution >= 0.6 is 11.3 Å². The van der Waals surface area contributed by atoms with Crippen LogP contribution in [0.1, 0.15) is 30.7 Å². The highest BCUT2D eigenvalue weighted by Gasteiger charge is 2.30. The number of primary amides is 1. The topological polar surface area (TPSA) is 102 Å². The maximum Gasteiger partial charge on any atom is 0.259 e. The minimum absolute atomic E-state index is 0.0817. The number of hydrogen-bond donors (Lipinski definition) is 2. The number of thiazole rings is 1. The van der Waals surface area contributed by atoms with Crippen molar-refractivity contribution in [2.45, 2.75) is 43.7 Å². The first kappa shape index (κ1) is 18.0. The molecule has 0 radical (unpaired) electrons. The predicted octanol–water partition coefficient (Wildman–Crippen LogP) is 2.44. The van der Waals surface area contributed by atoms with Crippen LogP contribution in [0.25, 0.3) is 10.4 Å². The molecule has 1 amide bonds. The van der Waals surface area contributed by atoms with Crippen molar-refractivity contribution in [3.8, 4) is 10.4 Å². The lowest BCUT2D eigenvalue weighted by molar-refractivity contribution is -0.122. The van der Waals surface area contributed by atoms with E-state index in [4.69, 9.17) is 5.73 Å². The number of aromatic nitrogens is 1. The van der Waals surface area contributed by atoms with Gasteiger partial charge in [0.2, 0.25) is 5.91 Å². The van der Waals surface area contributed by atoms with Crippen molar-refractivity contribution < 1.29 is 13.2 Å². The van der Waals surface area contributed by atoms with E-state index in [1.54, 1.807) is 6.92 Å². The van der Waals surface area contributed by atoms with Crippen LogP contribution in [0.3, 0.4) is 0 Å². The summed E-state index contributed by atoms with van der Waals surface area (Å²) in [6.45, 7) is 1.80. The molecule has 1 saturated carbocycles. The molecule has 134 valence electrons. The molecule has 6 nitrogen and oxygen atoms in total. The summed E-state index contributed by atoms with van der Waals surface area (Å²) >= 11 is 1.37. The molecule has 1 aliphatic rings. The fourth-order valence-electron chi connectivity index (χ4n) is 3.13. The molecule has 1 heterocycles. The van der Waals surface area contributed by atoms with Crippen molar-refractivity contribution in [2.75, 3.05) is 0 Å². The number of amides is 1. The first-order valence-electron chi connectivity index (χ1n) is 8.21. The number of hydrogen-bond acceptors (Lipinski definition) is 5. The second-order valence-electron chi connectivity index (χ2n) is 6.31. The van der Waals surface area contributed by atoms with E-state index in [9.17, 15) is 13.2 Å². The summed E-state index contributed by atoms with van der Waals surface area (Å²) in [5.74, 6) is -0.454. The van der Waals surface area contributed by atoms with Gasteiger partial charge in [0, 0.05) is 12.0 Å². The zero-order valence-corrected chi connectivity index (χ0v) is 15.6. The van der Waals surface area contributed by atoms with Gasteiger partial charge < -0.3 is 5.73 Å². The lowest BCUT2D eigenvalue weighted by atomic mass is 9.86. The van der Waals surface area contributed by atoms with Crippen molar-refractivity contribution in [1.82, 2.24) is 9.71 Å². The monoisotopic (exact) mass is 379 g/mol. The Balaban J connectivity index is 1.81. The Bertz CT molecular complexity index is 855. The Kier molecular flexibility index (Phi) is 5.21. The van der Waals surface area contributed by atoms with Gasteiger partial charge >= 0.3 is 0 Å². The van der Waals surface area contributed by atoms with Crippen LogP contribution in [0.15, 0.2) is 35.4 Å². The van der Waals surface area contributed by atoms with Gasteiger partial charge in [-0.1, -0.05) is 30.3 Å². The first-order valence-corrected chi connectivity index (χ1v) is 10.5. The molecule has 0 aliphatic heterocycles. The largest absolute Gasteiger partial charge is 0.369 e. The Morgan fingerprint density at radius 3 is 2.44 bits per heavy atom. The van der Waals surface area contributed by atoms with E-state index in [0.29, 0.717) is 35.6 Å². The summed E-state index contributed by atoms with van der Waals surface area (Å²) in [7, 11) is -3.72. The summed E-state index contributed by atoms with van der Waals surface area (Å²) in [5, 5.41) is 0.787. The van der Waals surface area contributed by atoms with E-state index in [1.165, 1.54) is 11.3 Å². The summed E-state index contributed by atoms with van der Waals surface area (Å²) in [4.78, 5) is 16.2. The van der Waals surface area contributed by atoms with E-state index in [2.05, 4.69) is 9.71 Å². The normalized spacial score (nSPS) is 21.2. The van der Waals surface area contributed by atoms with Crippen LogP contribution < -0.4 is 10.5 Å². The maximum atomic E-state index is 12.9. The van der Waals surface area contributed by atoms with E-state index >= 15 is 0 Å². The fourth-order valence-corrected chi connectivity index (χ4v) is 5.87. The third kappa shape index (κ3) is 4.08. The molecule has 3 N–H and O–H groups in total. The van der Waals surface area contributed by atoms with E-state index in [1.807, 2.05) is 30.3 Å². The number of nitrogens with one attached hydrogen (secondary N) is 1. The van der Waals surface area contributed by atoms with Crippen molar-refractivity contribution in [1.29, 1.82) is 0 Å². The van der Waals surface area contributed by atoms with E-state index in [0.717, 1.165) is 5.56 Å². The fraction of sp³-hybridized carbons (Fsp3) is 0.412. The molecule has 0 unspecified atom stereocenters. The highest BCUT2D eigenvalue weighted by Crippen LogP contribution is 2.33. The van der Waals surface area contributed by atoms with Crippen LogP contribution in [0.2, 0.25) is 0 Å². The van der Waals surface area contributed by atoms with Gasteiger partial charge in [0.05, 0.1) is 9.88 Å². The average molecular weight is 380 g/mol. The summed E-state index contributed by atoms with van der Waals surface area (Å²) in [6, 6.07) is 9.21. The molecule has 0 atom stereocenters. The number of sulfonamides is 1. The second-order valence-corrected chi connectivity index (χ2v) is 9.14. The third-order valence-electron chi connectivity index (χ3n) is 4.44. The number of aryl methyl sites for hydroxylation is 1. The average Bonchev–Trinajstić information content (AvgIpc) is 2.99. The summed E-state index contributed by atoms with van der Waals surface area (Å²) in [5.41, 5.74) is 6.17. The highest BCUT2D eigenvalue weighted by atomic mass is 32.2. The molecule has 8 heteroatoms. The third-order valence-corrected chi connectivity index (χ3v) is 7.04. The van der Waals surface area contributed by atoms with Gasteiger partial charge in [-0.15, -0.1) is 11.3 Å². The smallest absolute Gasteiger partial charge is 0.259 e. The van der Waals surface area contributed by atoms with Gasteiger partial charge in [-0.2, -0.15) is 0 Å². The maximum absolute atomic E-state index is 12.9. The van der Waals surface area contributed by atoms with Crippen molar-refractivity contribution in [3.63, 3.8) is 0 Å². The van der Waals surface area contributed by atoms with E-state index in [-0.39, 0.29) is 22.9 Å². The van der Waals surface area contributed by atoms with Gasteiger partial charge in [0.25, 0.3) is 10.0 Å². The lowest BCUT2D eigenvalue weighted by Crippen LogP contribution is -2.40. The van der Waals surface area contributed by atoms with Crippen LogP contribution in [-0.2, 0) is 14.8 Å². The zero-order chi connectivity index (χ0) is 18.0. The zero-order valence-electron chi connectivity index (χ0n) is 13.9. The Morgan fingerprint density at radius 1 is 1.20 bits per heavy atom. The Hall–Kier alpha value is -1.77. The number of carbonyl (C=O) groups is 1. The molecule has 0 bridgehead atoms. The van der Waals surface area contributed by atoms with Gasteiger partial charge in [0.1, 0.15) is 0 Å². The number of nitrogens with two attached hydrogens (primary N) is 1. The molecule has 1 aromatic heterocycles. The van der Waals surface area contributed by atoms with Crippen LogP contribution in [-0.4, -0.2) is 25.4 Å². The van der Waals surface area contributed by atoms with Crippen molar-refractivity contribution in [3.05, 3.63) is 35.3 Å². The van der Waals surface area contributed by atoms with E-state index < -0.39 is 10.0 Å². The Labute approximate surface area is 151 Å². The molecule has 1 aliphatic carbocycles. The van der Waals surface area contributed by atoms with Crippen LogP contribution in [0.5, 0.6) is 0 Å². The first-order chi connectivity index (χ1) is 11.9. The minimum atomic E-state index is -3.72. The molecular formula is C17H21N3O3S2. The predicted molar refractivity (Wildman–Crippen MR) is 97.5 cm³/mol. The highest BCUT2D eigenvalue weighted by molar-refractivity contribution is 7.89. The SMILES string of the molecule is Cc1nc(S(=O)(=O)NC2CCC(C(N)=O)CC2)c(-c2ccccc2)s1. The molecule has 0 saturated heterocycles. The van der Waals surface area contributed by atoms with Crippen molar-refractivity contribution in [2.24, 2.45) is 11.7 Å². The Morgan fingerprint density at radius 2 is 1.84 bits per heavy atom. The van der Waals surface area contributed by atoms with Gasteiger partial charge in [-0.25, -0.2) is 18.1 Å². The van der Waals surface area contributed by atoms with Gasteiger partial charge in [-0.3, -0.25) is 4.79 Å². The molecule has 3 rings (SSSR count). The number of nitrogens with zero attached hydrogens (tertiary/aromatic N) is 1. The number of benzene rings is 1. The number of rotatable bonds is 5. The van der Waals surface area contributed by atoms with Gasteiger partial charge in [0.15, 0.2) is 5.03 Å².